The van der Waals surface area contributed by atoms with Gasteiger partial charge in [0.25, 0.3) is 0 Å². The Morgan fingerprint density at radius 1 is 1.21 bits per heavy atom. The van der Waals surface area contributed by atoms with E-state index < -0.39 is 16.2 Å². The van der Waals surface area contributed by atoms with E-state index in [1.165, 1.54) is 0 Å². The van der Waals surface area contributed by atoms with Gasteiger partial charge in [0.05, 0.1) is 6.61 Å². The number of hydrogen-bond donors (Lipinski definition) is 0. The van der Waals surface area contributed by atoms with Gasteiger partial charge in [0.2, 0.25) is 0 Å². The molecule has 1 fully saturated rings. The second-order valence-electron chi connectivity index (χ2n) is 6.14. The SMILES string of the molecule is C=CCCOc1ccc(OCC2([N+](=O)[O-])COC(C)(C)OC2)cc1. The Bertz CT molecular complexity index is 559. The van der Waals surface area contributed by atoms with E-state index in [0.717, 1.165) is 6.42 Å². The van der Waals surface area contributed by atoms with E-state index in [0.29, 0.717) is 18.1 Å². The number of nitrogens with zero attached hydrogens (tertiary/aromatic N) is 1. The summed E-state index contributed by atoms with van der Waals surface area (Å²) in [7, 11) is 0. The fourth-order valence-electron chi connectivity index (χ4n) is 2.05. The summed E-state index contributed by atoms with van der Waals surface area (Å²) >= 11 is 0. The van der Waals surface area contributed by atoms with Crippen molar-refractivity contribution in [1.29, 1.82) is 0 Å². The normalized spacial score (nSPS) is 18.6. The summed E-state index contributed by atoms with van der Waals surface area (Å²) in [6.07, 6.45) is 2.55. The van der Waals surface area contributed by atoms with Gasteiger partial charge in [-0.05, 0) is 44.5 Å². The van der Waals surface area contributed by atoms with E-state index in [1.807, 2.05) is 0 Å². The molecule has 0 N–H and O–H groups in total. The zero-order valence-corrected chi connectivity index (χ0v) is 14.0. The van der Waals surface area contributed by atoms with Crippen molar-refractivity contribution < 1.29 is 23.9 Å². The minimum Gasteiger partial charge on any atom is -0.493 e. The highest BCUT2D eigenvalue weighted by Gasteiger charge is 2.51. The van der Waals surface area contributed by atoms with E-state index in [1.54, 1.807) is 44.2 Å². The van der Waals surface area contributed by atoms with Crippen LogP contribution < -0.4 is 9.47 Å². The lowest BCUT2D eigenvalue weighted by Crippen LogP contribution is -2.59. The van der Waals surface area contributed by atoms with Crippen LogP contribution in [0.5, 0.6) is 11.5 Å². The van der Waals surface area contributed by atoms with Gasteiger partial charge in [-0.3, -0.25) is 10.1 Å². The lowest BCUT2D eigenvalue weighted by atomic mass is 10.0. The first kappa shape index (κ1) is 18.2. The lowest BCUT2D eigenvalue weighted by Gasteiger charge is -2.37. The molecule has 1 aliphatic heterocycles. The van der Waals surface area contributed by atoms with Gasteiger partial charge in [0.15, 0.2) is 12.4 Å². The van der Waals surface area contributed by atoms with E-state index in [9.17, 15) is 10.1 Å². The van der Waals surface area contributed by atoms with E-state index in [4.69, 9.17) is 18.9 Å². The molecule has 0 unspecified atom stereocenters. The molecule has 0 bridgehead atoms. The van der Waals surface area contributed by atoms with Gasteiger partial charge >= 0.3 is 5.54 Å². The maximum Gasteiger partial charge on any atom is 0.301 e. The highest BCUT2D eigenvalue weighted by Crippen LogP contribution is 2.27. The zero-order valence-electron chi connectivity index (χ0n) is 14.0. The first-order chi connectivity index (χ1) is 11.4. The van der Waals surface area contributed by atoms with Crippen molar-refractivity contribution >= 4 is 0 Å². The Balaban J connectivity index is 1.93. The van der Waals surface area contributed by atoms with Crippen molar-refractivity contribution in [2.24, 2.45) is 0 Å². The smallest absolute Gasteiger partial charge is 0.301 e. The Kier molecular flexibility index (Phi) is 5.80. The van der Waals surface area contributed by atoms with Crippen LogP contribution >= 0.6 is 0 Å². The minimum atomic E-state index is -1.41. The monoisotopic (exact) mass is 337 g/mol. The molecule has 0 aliphatic carbocycles. The second kappa shape index (κ2) is 7.63. The fourth-order valence-corrected chi connectivity index (χ4v) is 2.05. The van der Waals surface area contributed by atoms with Crippen LogP contribution in [0.15, 0.2) is 36.9 Å². The maximum atomic E-state index is 11.4. The van der Waals surface area contributed by atoms with Gasteiger partial charge in [0, 0.05) is 4.92 Å². The molecule has 7 nitrogen and oxygen atoms in total. The zero-order chi connectivity index (χ0) is 17.6. The molecule has 1 saturated heterocycles. The summed E-state index contributed by atoms with van der Waals surface area (Å²) in [5, 5.41) is 11.4. The molecule has 0 saturated carbocycles. The predicted molar refractivity (Wildman–Crippen MR) is 88.0 cm³/mol. The predicted octanol–water partition coefficient (Wildman–Crippen LogP) is 2.82. The van der Waals surface area contributed by atoms with Gasteiger partial charge in [-0.25, -0.2) is 0 Å². The number of rotatable bonds is 8. The Morgan fingerprint density at radius 3 is 2.25 bits per heavy atom. The molecular weight excluding hydrogens is 314 g/mol. The first-order valence-corrected chi connectivity index (χ1v) is 7.76. The molecule has 7 heteroatoms. The summed E-state index contributed by atoms with van der Waals surface area (Å²) < 4.78 is 22.0. The molecule has 1 aromatic carbocycles. The second-order valence-corrected chi connectivity index (χ2v) is 6.14. The fraction of sp³-hybridized carbons (Fsp3) is 0.529. The Hall–Kier alpha value is -2.12. The molecule has 24 heavy (non-hydrogen) atoms. The van der Waals surface area contributed by atoms with Crippen LogP contribution in [-0.4, -0.2) is 42.7 Å². The van der Waals surface area contributed by atoms with Crippen LogP contribution in [0.1, 0.15) is 20.3 Å². The van der Waals surface area contributed by atoms with Gasteiger partial charge in [-0.2, -0.15) is 0 Å². The van der Waals surface area contributed by atoms with Crippen LogP contribution in [0.4, 0.5) is 0 Å². The summed E-state index contributed by atoms with van der Waals surface area (Å²) in [5.74, 6) is 0.417. The summed E-state index contributed by atoms with van der Waals surface area (Å²) in [5.41, 5.74) is -1.41. The molecule has 0 amide bonds. The van der Waals surface area contributed by atoms with Crippen molar-refractivity contribution in [2.45, 2.75) is 31.6 Å². The summed E-state index contributed by atoms with van der Waals surface area (Å²) in [6, 6.07) is 6.94. The molecule has 1 aliphatic rings. The van der Waals surface area contributed by atoms with E-state index in [-0.39, 0.29) is 19.8 Å². The average Bonchev–Trinajstić information content (AvgIpc) is 2.55. The molecule has 1 aromatic rings. The van der Waals surface area contributed by atoms with E-state index >= 15 is 0 Å². The molecule has 132 valence electrons. The van der Waals surface area contributed by atoms with Crippen LogP contribution in [0.3, 0.4) is 0 Å². The highest BCUT2D eigenvalue weighted by atomic mass is 16.7. The van der Waals surface area contributed by atoms with Crippen molar-refractivity contribution in [2.75, 3.05) is 26.4 Å². The summed E-state index contributed by atoms with van der Waals surface area (Å²) in [4.78, 5) is 11.1. The molecule has 1 heterocycles. The van der Waals surface area contributed by atoms with Gasteiger partial charge in [-0.1, -0.05) is 6.08 Å². The van der Waals surface area contributed by atoms with Crippen LogP contribution in [0.2, 0.25) is 0 Å². The summed E-state index contributed by atoms with van der Waals surface area (Å²) in [6.45, 7) is 7.38. The van der Waals surface area contributed by atoms with E-state index in [2.05, 4.69) is 6.58 Å². The quantitative estimate of drug-likeness (QED) is 0.314. The molecule has 0 aromatic heterocycles. The number of nitro groups is 1. The number of hydrogen-bond acceptors (Lipinski definition) is 6. The van der Waals surface area contributed by atoms with Crippen molar-refractivity contribution in [3.8, 4) is 11.5 Å². The standard InChI is InChI=1S/C17H23NO6/c1-4-5-10-21-14-6-8-15(9-7-14)22-11-17(18(19)20)12-23-16(2,3)24-13-17/h4,6-9H,1,5,10-13H2,2-3H3. The lowest BCUT2D eigenvalue weighted by molar-refractivity contribution is -0.597. The third-order valence-electron chi connectivity index (χ3n) is 3.69. The average molecular weight is 337 g/mol. The molecule has 0 spiro atoms. The van der Waals surface area contributed by atoms with Gasteiger partial charge in [-0.15, -0.1) is 6.58 Å². The van der Waals surface area contributed by atoms with Crippen molar-refractivity contribution in [3.05, 3.63) is 47.0 Å². The van der Waals surface area contributed by atoms with Gasteiger partial charge < -0.3 is 18.9 Å². The third-order valence-corrected chi connectivity index (χ3v) is 3.69. The van der Waals surface area contributed by atoms with Crippen LogP contribution in [0, 0.1) is 10.1 Å². The first-order valence-electron chi connectivity index (χ1n) is 7.76. The largest absolute Gasteiger partial charge is 0.493 e. The van der Waals surface area contributed by atoms with Crippen molar-refractivity contribution in [3.63, 3.8) is 0 Å². The third kappa shape index (κ3) is 4.69. The molecular formula is C17H23NO6. The maximum absolute atomic E-state index is 11.4. The molecule has 0 radical (unpaired) electrons. The number of ether oxygens (including phenoxy) is 4. The molecule has 0 atom stereocenters. The minimum absolute atomic E-state index is 0.0598. The Labute approximate surface area is 141 Å². The number of benzene rings is 1. The molecule has 2 rings (SSSR count). The van der Waals surface area contributed by atoms with Crippen LogP contribution in [0.25, 0.3) is 0 Å². The topological polar surface area (TPSA) is 80.1 Å². The van der Waals surface area contributed by atoms with Gasteiger partial charge in [0.1, 0.15) is 24.7 Å². The van der Waals surface area contributed by atoms with Crippen molar-refractivity contribution in [1.82, 2.24) is 0 Å². The Morgan fingerprint density at radius 2 is 1.75 bits per heavy atom. The highest BCUT2D eigenvalue weighted by molar-refractivity contribution is 5.31. The van der Waals surface area contributed by atoms with Crippen LogP contribution in [-0.2, 0) is 9.47 Å².